The average molecular weight is 302 g/mol. The van der Waals surface area contributed by atoms with E-state index in [4.69, 9.17) is 5.26 Å². The van der Waals surface area contributed by atoms with Crippen LogP contribution < -0.4 is 9.03 Å². The molecule has 2 heterocycles. The van der Waals surface area contributed by atoms with Gasteiger partial charge in [0.25, 0.3) is 0 Å². The van der Waals surface area contributed by atoms with Crippen molar-refractivity contribution in [2.75, 3.05) is 17.4 Å². The van der Waals surface area contributed by atoms with Crippen LogP contribution in [0.4, 0.5) is 5.69 Å². The predicted octanol–water partition coefficient (Wildman–Crippen LogP) is 1.40. The third-order valence-corrected chi connectivity index (χ3v) is 5.00. The van der Waals surface area contributed by atoms with Gasteiger partial charge >= 0.3 is 10.2 Å². The van der Waals surface area contributed by atoms with Crippen LogP contribution in [0.1, 0.15) is 12.6 Å². The Hall–Kier alpha value is -2.17. The van der Waals surface area contributed by atoms with Gasteiger partial charge in [-0.15, -0.1) is 0 Å². The highest BCUT2D eigenvalue weighted by Crippen LogP contribution is 2.27. The second-order valence-electron chi connectivity index (χ2n) is 5.17. The Balaban J connectivity index is 2.11. The number of fused-ring (bicyclic) bond motifs is 1. The average Bonchev–Trinajstić information content (AvgIpc) is 2.48. The van der Waals surface area contributed by atoms with Crippen LogP contribution in [0, 0.1) is 17.2 Å². The van der Waals surface area contributed by atoms with Crippen molar-refractivity contribution in [2.24, 2.45) is 5.92 Å². The first kappa shape index (κ1) is 13.8. The minimum atomic E-state index is -3.49. The molecule has 1 aliphatic heterocycles. The summed E-state index contributed by atoms with van der Waals surface area (Å²) in [6.45, 7) is 2.89. The smallest absolute Gasteiger partial charge is 0.258 e. The molecule has 1 aromatic heterocycles. The van der Waals surface area contributed by atoms with Gasteiger partial charge in [-0.2, -0.15) is 18.4 Å². The molecule has 7 heteroatoms. The summed E-state index contributed by atoms with van der Waals surface area (Å²) >= 11 is 0. The van der Waals surface area contributed by atoms with Gasteiger partial charge in [0.05, 0.1) is 5.69 Å². The molecule has 108 valence electrons. The molecule has 1 aromatic carbocycles. The molecule has 0 spiro atoms. The Kier molecular flexibility index (Phi) is 3.27. The Bertz CT molecular complexity index is 842. The van der Waals surface area contributed by atoms with Crippen LogP contribution in [0.15, 0.2) is 30.5 Å². The number of rotatable bonds is 1. The van der Waals surface area contributed by atoms with Crippen LogP contribution in [0.5, 0.6) is 0 Å². The molecular formula is C14H14N4O2S. The molecule has 21 heavy (non-hydrogen) atoms. The van der Waals surface area contributed by atoms with Crippen LogP contribution in [-0.4, -0.2) is 26.5 Å². The quantitative estimate of drug-likeness (QED) is 0.862. The van der Waals surface area contributed by atoms with Crippen molar-refractivity contribution in [1.82, 2.24) is 9.71 Å². The molecule has 1 atom stereocenters. The van der Waals surface area contributed by atoms with Crippen molar-refractivity contribution in [2.45, 2.75) is 6.92 Å². The van der Waals surface area contributed by atoms with Gasteiger partial charge in [0.1, 0.15) is 11.8 Å². The first-order valence-corrected chi connectivity index (χ1v) is 8.01. The van der Waals surface area contributed by atoms with Crippen molar-refractivity contribution in [3.63, 3.8) is 0 Å². The maximum atomic E-state index is 12.1. The van der Waals surface area contributed by atoms with Crippen LogP contribution >= 0.6 is 0 Å². The van der Waals surface area contributed by atoms with Crippen molar-refractivity contribution in [3.05, 3.63) is 36.2 Å². The van der Waals surface area contributed by atoms with Gasteiger partial charge < -0.3 is 0 Å². The number of pyridine rings is 1. The van der Waals surface area contributed by atoms with E-state index in [9.17, 15) is 8.42 Å². The van der Waals surface area contributed by atoms with E-state index in [0.717, 1.165) is 10.8 Å². The zero-order chi connectivity index (χ0) is 15.0. The topological polar surface area (TPSA) is 86.1 Å². The van der Waals surface area contributed by atoms with Gasteiger partial charge in [-0.1, -0.05) is 6.92 Å². The monoisotopic (exact) mass is 302 g/mol. The van der Waals surface area contributed by atoms with E-state index in [1.165, 1.54) is 4.31 Å². The predicted molar refractivity (Wildman–Crippen MR) is 79.9 cm³/mol. The highest BCUT2D eigenvalue weighted by atomic mass is 32.2. The summed E-state index contributed by atoms with van der Waals surface area (Å²) in [5.41, 5.74) is 0.934. The fourth-order valence-electron chi connectivity index (χ4n) is 2.42. The lowest BCUT2D eigenvalue weighted by molar-refractivity contribution is 0.506. The third kappa shape index (κ3) is 2.44. The number of nitrogens with zero attached hydrogens (tertiary/aromatic N) is 3. The van der Waals surface area contributed by atoms with Crippen molar-refractivity contribution in [1.29, 1.82) is 5.26 Å². The molecule has 1 N–H and O–H groups in total. The van der Waals surface area contributed by atoms with E-state index in [2.05, 4.69) is 9.71 Å². The molecule has 6 nitrogen and oxygen atoms in total. The van der Waals surface area contributed by atoms with Crippen LogP contribution in [0.25, 0.3) is 10.8 Å². The number of nitriles is 1. The summed E-state index contributed by atoms with van der Waals surface area (Å²) in [6.07, 6.45) is 1.55. The Morgan fingerprint density at radius 3 is 3.00 bits per heavy atom. The minimum Gasteiger partial charge on any atom is -0.258 e. The first-order valence-electron chi connectivity index (χ1n) is 6.57. The molecular weight excluding hydrogens is 288 g/mol. The van der Waals surface area contributed by atoms with Gasteiger partial charge in [0.15, 0.2) is 0 Å². The van der Waals surface area contributed by atoms with E-state index in [-0.39, 0.29) is 5.92 Å². The van der Waals surface area contributed by atoms with Crippen molar-refractivity contribution < 1.29 is 8.42 Å². The summed E-state index contributed by atoms with van der Waals surface area (Å²) in [5, 5.41) is 10.6. The van der Waals surface area contributed by atoms with E-state index in [1.54, 1.807) is 30.5 Å². The summed E-state index contributed by atoms with van der Waals surface area (Å²) in [5.74, 6) is 0.233. The number of anilines is 1. The highest BCUT2D eigenvalue weighted by Gasteiger charge is 2.29. The van der Waals surface area contributed by atoms with Gasteiger partial charge in [-0.3, -0.25) is 4.31 Å². The number of benzene rings is 1. The number of hydrogen-bond donors (Lipinski definition) is 1. The van der Waals surface area contributed by atoms with E-state index in [1.807, 2.05) is 13.0 Å². The standard InChI is InChI=1S/C14H14N4O2S/c1-10-8-17-21(19,20)18(9-10)12-2-3-13-11(6-12)4-5-16-14(13)7-15/h2-6,10,17H,8-9H2,1H3/t10-/m1/s1. The molecule has 0 aliphatic carbocycles. The minimum absolute atomic E-state index is 0.233. The fraction of sp³-hybridized carbons (Fsp3) is 0.286. The molecule has 1 aliphatic rings. The SMILES string of the molecule is C[C@@H]1CNS(=O)(=O)N(c2ccc3c(C#N)nccc3c2)C1. The lowest BCUT2D eigenvalue weighted by atomic mass is 10.1. The lowest BCUT2D eigenvalue weighted by Crippen LogP contribution is -2.50. The Morgan fingerprint density at radius 1 is 1.43 bits per heavy atom. The first-order chi connectivity index (χ1) is 10.0. The summed E-state index contributed by atoms with van der Waals surface area (Å²) in [6, 6.07) is 9.03. The molecule has 2 aromatic rings. The second-order valence-corrected chi connectivity index (χ2v) is 6.85. The summed E-state index contributed by atoms with van der Waals surface area (Å²) < 4.78 is 28.2. The number of nitrogens with one attached hydrogen (secondary N) is 1. The van der Waals surface area contributed by atoms with Gasteiger partial charge in [0, 0.05) is 24.7 Å². The lowest BCUT2D eigenvalue weighted by Gasteiger charge is -2.32. The fourth-order valence-corrected chi connectivity index (χ4v) is 3.92. The molecule has 1 saturated heterocycles. The van der Waals surface area contributed by atoms with Gasteiger partial charge in [0.2, 0.25) is 0 Å². The van der Waals surface area contributed by atoms with Crippen molar-refractivity contribution >= 4 is 26.7 Å². The maximum absolute atomic E-state index is 12.1. The van der Waals surface area contributed by atoms with Gasteiger partial charge in [-0.05, 0) is 35.6 Å². The Labute approximate surface area is 123 Å². The van der Waals surface area contributed by atoms with E-state index < -0.39 is 10.2 Å². The molecule has 3 rings (SSSR count). The van der Waals surface area contributed by atoms with Crippen LogP contribution in [0.2, 0.25) is 0 Å². The molecule has 0 unspecified atom stereocenters. The molecule has 0 bridgehead atoms. The highest BCUT2D eigenvalue weighted by molar-refractivity contribution is 7.90. The van der Waals surface area contributed by atoms with Crippen LogP contribution in [-0.2, 0) is 10.2 Å². The number of hydrogen-bond acceptors (Lipinski definition) is 4. The molecule has 0 radical (unpaired) electrons. The van der Waals surface area contributed by atoms with Gasteiger partial charge in [-0.25, -0.2) is 4.98 Å². The second kappa shape index (κ2) is 4.98. The van der Waals surface area contributed by atoms with Crippen molar-refractivity contribution in [3.8, 4) is 6.07 Å². The normalized spacial score (nSPS) is 21.1. The third-order valence-electron chi connectivity index (χ3n) is 3.52. The summed E-state index contributed by atoms with van der Waals surface area (Å²) in [4.78, 5) is 4.00. The largest absolute Gasteiger partial charge is 0.301 e. The van der Waals surface area contributed by atoms with Crippen LogP contribution in [0.3, 0.4) is 0 Å². The Morgan fingerprint density at radius 2 is 2.24 bits per heavy atom. The summed E-state index contributed by atoms with van der Waals surface area (Å²) in [7, 11) is -3.49. The molecule has 0 amide bonds. The zero-order valence-corrected chi connectivity index (χ0v) is 12.3. The van der Waals surface area contributed by atoms with E-state index in [0.29, 0.717) is 24.5 Å². The molecule has 1 fully saturated rings. The number of aromatic nitrogens is 1. The van der Waals surface area contributed by atoms with E-state index >= 15 is 0 Å². The maximum Gasteiger partial charge on any atom is 0.301 e. The molecule has 0 saturated carbocycles. The zero-order valence-electron chi connectivity index (χ0n) is 11.4.